The number of hydrogen-bond donors (Lipinski definition) is 4. The predicted molar refractivity (Wildman–Crippen MR) is 157 cm³/mol. The molecule has 3 fully saturated rings. The number of hydrogen-bond acceptors (Lipinski definition) is 5. The molecule has 1 aromatic carbocycles. The Hall–Kier alpha value is -3.39. The number of para-hydroxylation sites is 1. The van der Waals surface area contributed by atoms with Crippen LogP contribution in [0.2, 0.25) is 0 Å². The van der Waals surface area contributed by atoms with Gasteiger partial charge in [0, 0.05) is 28.9 Å². The largest absolute Gasteiger partial charge is 0.480 e. The van der Waals surface area contributed by atoms with Crippen LogP contribution in [0.4, 0.5) is 0 Å². The number of allylic oxidation sites excluding steroid dienone is 4. The van der Waals surface area contributed by atoms with Gasteiger partial charge in [-0.15, -0.1) is 0 Å². The maximum Gasteiger partial charge on any atom is 0.326 e. The fourth-order valence-corrected chi connectivity index (χ4v) is 8.63. The van der Waals surface area contributed by atoms with Gasteiger partial charge in [-0.05, 0) is 92.4 Å². The zero-order valence-corrected chi connectivity index (χ0v) is 24.2. The van der Waals surface area contributed by atoms with Crippen molar-refractivity contribution in [3.05, 3.63) is 59.8 Å². The zero-order chi connectivity index (χ0) is 29.0. The van der Waals surface area contributed by atoms with E-state index in [9.17, 15) is 19.8 Å². The number of aliphatic carboxylic acids is 1. The summed E-state index contributed by atoms with van der Waals surface area (Å²) in [5.74, 6) is 0.0834. The van der Waals surface area contributed by atoms with Crippen LogP contribution in [-0.2, 0) is 20.8 Å². The lowest BCUT2D eigenvalue weighted by atomic mass is 9.47. The second-order valence-electron chi connectivity index (χ2n) is 13.3. The molecule has 8 nitrogen and oxygen atoms in total. The van der Waals surface area contributed by atoms with Crippen LogP contribution in [0.1, 0.15) is 64.9 Å². The first-order valence-electron chi connectivity index (χ1n) is 14.9. The topological polar surface area (TPSA) is 124 Å². The number of carboxylic acid groups (broad SMARTS) is 1. The van der Waals surface area contributed by atoms with E-state index in [0.717, 1.165) is 55.0 Å². The molecule has 7 atom stereocenters. The number of aromatic amines is 1. The number of aliphatic hydroxyl groups is 1. The Morgan fingerprint density at radius 1 is 1.15 bits per heavy atom. The van der Waals surface area contributed by atoms with Crippen molar-refractivity contribution >= 4 is 28.5 Å². The third-order valence-electron chi connectivity index (χ3n) is 11.2. The van der Waals surface area contributed by atoms with Crippen molar-refractivity contribution in [1.82, 2.24) is 10.3 Å². The zero-order valence-electron chi connectivity index (χ0n) is 24.2. The van der Waals surface area contributed by atoms with Crippen LogP contribution in [-0.4, -0.2) is 51.0 Å². The second-order valence-corrected chi connectivity index (χ2v) is 13.3. The average molecular weight is 560 g/mol. The van der Waals surface area contributed by atoms with Crippen molar-refractivity contribution in [1.29, 1.82) is 0 Å². The van der Waals surface area contributed by atoms with Gasteiger partial charge in [0.15, 0.2) is 6.61 Å². The summed E-state index contributed by atoms with van der Waals surface area (Å²) in [5, 5.41) is 28.6. The molecule has 218 valence electrons. The molecule has 1 aromatic heterocycles. The summed E-state index contributed by atoms with van der Waals surface area (Å²) in [7, 11) is 0. The lowest BCUT2D eigenvalue weighted by Gasteiger charge is -2.58. The quantitative estimate of drug-likeness (QED) is 0.350. The van der Waals surface area contributed by atoms with Gasteiger partial charge in [0.1, 0.15) is 11.8 Å². The predicted octanol–water partition coefficient (Wildman–Crippen LogP) is 5.14. The normalized spacial score (nSPS) is 35.8. The van der Waals surface area contributed by atoms with Crippen LogP contribution in [0, 0.1) is 28.6 Å². The van der Waals surface area contributed by atoms with Crippen LogP contribution >= 0.6 is 0 Å². The molecule has 3 saturated carbocycles. The minimum Gasteiger partial charge on any atom is -0.480 e. The molecule has 0 bridgehead atoms. The monoisotopic (exact) mass is 559 g/mol. The van der Waals surface area contributed by atoms with Crippen molar-refractivity contribution in [2.45, 2.75) is 77.4 Å². The molecular weight excluding hydrogens is 518 g/mol. The molecule has 1 heterocycles. The number of nitrogens with one attached hydrogen (secondary N) is 2. The van der Waals surface area contributed by atoms with E-state index in [0.29, 0.717) is 23.5 Å². The number of carboxylic acids is 1. The summed E-state index contributed by atoms with van der Waals surface area (Å²) < 4.78 is 0. The number of benzene rings is 1. The number of aromatic nitrogens is 1. The summed E-state index contributed by atoms with van der Waals surface area (Å²) in [6.07, 6.45) is 14.6. The summed E-state index contributed by atoms with van der Waals surface area (Å²) in [6.45, 7) is 6.33. The van der Waals surface area contributed by atoms with Crippen LogP contribution in [0.3, 0.4) is 0 Å². The maximum absolute atomic E-state index is 12.6. The molecule has 0 aliphatic heterocycles. The minimum absolute atomic E-state index is 0.000224. The Bertz CT molecular complexity index is 1450. The Balaban J connectivity index is 1.07. The van der Waals surface area contributed by atoms with E-state index in [4.69, 9.17) is 4.84 Å². The van der Waals surface area contributed by atoms with E-state index >= 15 is 0 Å². The first-order chi connectivity index (χ1) is 19.5. The van der Waals surface area contributed by atoms with Gasteiger partial charge in [-0.3, -0.25) is 4.79 Å². The third-order valence-corrected chi connectivity index (χ3v) is 11.2. The van der Waals surface area contributed by atoms with E-state index in [-0.39, 0.29) is 23.9 Å². The summed E-state index contributed by atoms with van der Waals surface area (Å²) in [4.78, 5) is 33.0. The van der Waals surface area contributed by atoms with Crippen molar-refractivity contribution in [3.8, 4) is 0 Å². The number of oxime groups is 1. The molecule has 0 saturated heterocycles. The molecule has 1 amide bonds. The lowest BCUT2D eigenvalue weighted by Crippen LogP contribution is -2.53. The summed E-state index contributed by atoms with van der Waals surface area (Å²) in [6, 6.07) is 6.58. The molecule has 8 heteroatoms. The van der Waals surface area contributed by atoms with Crippen LogP contribution in [0.15, 0.2) is 59.4 Å². The number of carbonyl (C=O) groups excluding carboxylic acids is 1. The average Bonchev–Trinajstić information content (AvgIpc) is 3.45. The number of amides is 1. The Kier molecular flexibility index (Phi) is 6.88. The van der Waals surface area contributed by atoms with Gasteiger partial charge < -0.3 is 25.4 Å². The van der Waals surface area contributed by atoms with Crippen molar-refractivity contribution in [2.75, 3.05) is 6.61 Å². The van der Waals surface area contributed by atoms with Gasteiger partial charge in [0.25, 0.3) is 5.91 Å². The Morgan fingerprint density at radius 3 is 2.73 bits per heavy atom. The van der Waals surface area contributed by atoms with Crippen molar-refractivity contribution in [2.24, 2.45) is 33.7 Å². The SMILES string of the molecule is C[C@]12C=CC(=NOCC(=O)N[C@H](Cc3c[nH]c4ccccc34)C(=O)O)C=C1CC[C@@H]1[C@@H]2CC[C@@]2(C)[C@H]1CC[C@]2(C)O. The highest BCUT2D eigenvalue weighted by molar-refractivity contribution is 6.05. The van der Waals surface area contributed by atoms with Crippen LogP contribution < -0.4 is 5.32 Å². The third kappa shape index (κ3) is 4.70. The molecule has 4 aliphatic carbocycles. The van der Waals surface area contributed by atoms with E-state index in [1.165, 1.54) is 5.57 Å². The van der Waals surface area contributed by atoms with E-state index < -0.39 is 23.5 Å². The Labute approximate surface area is 240 Å². The van der Waals surface area contributed by atoms with Gasteiger partial charge in [-0.1, -0.05) is 48.9 Å². The fourth-order valence-electron chi connectivity index (χ4n) is 8.63. The smallest absolute Gasteiger partial charge is 0.326 e. The highest BCUT2D eigenvalue weighted by Crippen LogP contribution is 2.66. The van der Waals surface area contributed by atoms with Crippen LogP contribution in [0.25, 0.3) is 10.9 Å². The summed E-state index contributed by atoms with van der Waals surface area (Å²) in [5.41, 5.74) is 3.16. The number of nitrogens with zero attached hydrogens (tertiary/aromatic N) is 1. The van der Waals surface area contributed by atoms with E-state index in [1.807, 2.05) is 37.3 Å². The molecule has 0 radical (unpaired) electrons. The molecule has 2 aromatic rings. The van der Waals surface area contributed by atoms with Crippen molar-refractivity contribution < 1.29 is 24.6 Å². The second kappa shape index (κ2) is 10.2. The van der Waals surface area contributed by atoms with Gasteiger partial charge in [-0.2, -0.15) is 0 Å². The van der Waals surface area contributed by atoms with Gasteiger partial charge in [0.2, 0.25) is 0 Å². The van der Waals surface area contributed by atoms with E-state index in [2.05, 4.69) is 41.5 Å². The number of fused-ring (bicyclic) bond motifs is 6. The highest BCUT2D eigenvalue weighted by Gasteiger charge is 2.62. The van der Waals surface area contributed by atoms with E-state index in [1.54, 1.807) is 6.20 Å². The molecule has 4 aliphatic rings. The highest BCUT2D eigenvalue weighted by atomic mass is 16.6. The van der Waals surface area contributed by atoms with Crippen molar-refractivity contribution in [3.63, 3.8) is 0 Å². The molecular formula is C33H41N3O5. The minimum atomic E-state index is -1.10. The molecule has 41 heavy (non-hydrogen) atoms. The molecule has 0 spiro atoms. The standard InChI is InChI=1S/C33H41N3O5/c1-31-13-10-22(17-21(31)8-9-24-25(31)11-14-32(2)26(24)12-15-33(32,3)40)36-41-19-29(37)35-28(30(38)39)16-20-18-34-27-7-5-4-6-23(20)27/h4-7,10,13,17-18,24-26,28,34,40H,8-9,11-12,14-16,19H2,1-3H3,(H,35,37)(H,38,39)/t24-,25+,26+,28-,31+,32+,33+/m1/s1. The van der Waals surface area contributed by atoms with Crippen LogP contribution in [0.5, 0.6) is 0 Å². The fraction of sp³-hybridized carbons (Fsp3) is 0.545. The number of carbonyl (C=O) groups is 2. The Morgan fingerprint density at radius 2 is 1.93 bits per heavy atom. The first-order valence-corrected chi connectivity index (χ1v) is 14.9. The summed E-state index contributed by atoms with van der Waals surface area (Å²) >= 11 is 0. The first kappa shape index (κ1) is 27.8. The molecule has 0 unspecified atom stereocenters. The molecule has 6 rings (SSSR count). The van der Waals surface area contributed by atoms with Gasteiger partial charge in [-0.25, -0.2) is 4.79 Å². The number of rotatable bonds is 7. The molecule has 4 N–H and O–H groups in total. The maximum atomic E-state index is 12.6. The number of H-pyrrole nitrogens is 1. The van der Waals surface area contributed by atoms with Gasteiger partial charge in [0.05, 0.1) is 5.60 Å². The van der Waals surface area contributed by atoms with Gasteiger partial charge >= 0.3 is 5.97 Å². The lowest BCUT2D eigenvalue weighted by molar-refractivity contribution is -0.142.